The highest BCUT2D eigenvalue weighted by Crippen LogP contribution is 2.68. The van der Waals surface area contributed by atoms with Gasteiger partial charge >= 0.3 is 0 Å². The Labute approximate surface area is 338 Å². The summed E-state index contributed by atoms with van der Waals surface area (Å²) >= 11 is 0. The highest BCUT2D eigenvalue weighted by molar-refractivity contribution is 6.29. The van der Waals surface area contributed by atoms with Gasteiger partial charge in [0.25, 0.3) is 5.78 Å². The number of ketones is 2. The average Bonchev–Trinajstić information content (AvgIpc) is 3.97. The molecule has 3 heterocycles. The van der Waals surface area contributed by atoms with Crippen molar-refractivity contribution in [3.8, 4) is 11.5 Å². The fourth-order valence-electron chi connectivity index (χ4n) is 14.3. The molecule has 7 aliphatic rings. The molecule has 10 nitrogen and oxygen atoms in total. The number of methoxy groups -OCH3 is 3. The number of carbonyl (C=O) groups excluding carboxylic acids is 2. The van der Waals surface area contributed by atoms with Crippen LogP contribution in [0.1, 0.15) is 139 Å². The highest BCUT2D eigenvalue weighted by atomic mass is 16.7. The van der Waals surface area contributed by atoms with Gasteiger partial charge in [-0.3, -0.25) is 9.59 Å². The Hall–Kier alpha value is -2.92. The fourth-order valence-corrected chi connectivity index (χ4v) is 14.3. The summed E-state index contributed by atoms with van der Waals surface area (Å²) in [5, 5.41) is 0.581. The minimum Gasteiger partial charge on any atom is -0.493 e. The van der Waals surface area contributed by atoms with Crippen LogP contribution in [-0.4, -0.2) is 70.9 Å². The molecule has 2 aliphatic heterocycles. The fraction of sp³-hybridized carbons (Fsp3) is 0.745. The first-order valence-corrected chi connectivity index (χ1v) is 21.8. The molecule has 10 heteroatoms. The van der Waals surface area contributed by atoms with Gasteiger partial charge in [-0.25, -0.2) is 0 Å². The molecule has 1 aromatic carbocycles. The van der Waals surface area contributed by atoms with Crippen molar-refractivity contribution < 1.29 is 47.2 Å². The van der Waals surface area contributed by atoms with Crippen molar-refractivity contribution in [2.75, 3.05) is 47.8 Å². The third kappa shape index (κ3) is 5.21. The Bertz CT molecular complexity index is 2000. The molecule has 0 amide bonds. The molecule has 8 atom stereocenters. The van der Waals surface area contributed by atoms with Crippen molar-refractivity contribution in [2.24, 2.45) is 45.3 Å². The summed E-state index contributed by atoms with van der Waals surface area (Å²) in [5.41, 5.74) is 1.11. The molecule has 1 aromatic heterocycles. The number of Topliss-reactive ketones (excluding diaryl/α,β-unsaturated/α-hetero) is 2. The molecule has 6 fully saturated rings. The summed E-state index contributed by atoms with van der Waals surface area (Å²) in [6.07, 6.45) is 10.9. The van der Waals surface area contributed by atoms with Gasteiger partial charge in [0.15, 0.2) is 40.4 Å². The lowest BCUT2D eigenvalue weighted by molar-refractivity contribution is -0.297. The monoisotopic (exact) mass is 788 g/mol. The second-order valence-corrected chi connectivity index (χ2v) is 19.8. The molecule has 9 rings (SSSR count). The maximum atomic E-state index is 15.3. The molecule has 312 valence electrons. The van der Waals surface area contributed by atoms with Gasteiger partial charge in [0, 0.05) is 40.2 Å². The van der Waals surface area contributed by atoms with Crippen molar-refractivity contribution in [2.45, 2.75) is 130 Å². The van der Waals surface area contributed by atoms with Gasteiger partial charge in [-0.15, -0.1) is 0 Å². The molecule has 2 saturated heterocycles. The summed E-state index contributed by atoms with van der Waals surface area (Å²) in [7, 11) is 4.77. The molecule has 0 unspecified atom stereocenters. The van der Waals surface area contributed by atoms with Gasteiger partial charge in [0.05, 0.1) is 53.3 Å². The summed E-state index contributed by atoms with van der Waals surface area (Å²) in [4.78, 5) is 30.0. The number of carbonyl (C=O) groups is 2. The van der Waals surface area contributed by atoms with Crippen molar-refractivity contribution in [3.63, 3.8) is 0 Å². The summed E-state index contributed by atoms with van der Waals surface area (Å²) < 4.78 is 50.9. The normalized spacial score (nSPS) is 38.4. The quantitative estimate of drug-likeness (QED) is 0.269. The van der Waals surface area contributed by atoms with Crippen LogP contribution < -0.4 is 9.47 Å². The number of benzene rings is 1. The third-order valence-corrected chi connectivity index (χ3v) is 17.7. The number of rotatable bonds is 7. The Balaban J connectivity index is 1.14. The van der Waals surface area contributed by atoms with Crippen molar-refractivity contribution >= 4 is 22.5 Å². The molecule has 0 bridgehead atoms. The molecular formula is C47H64O10. The van der Waals surface area contributed by atoms with Crippen LogP contribution in [0.4, 0.5) is 0 Å². The average molecular weight is 789 g/mol. The van der Waals surface area contributed by atoms with E-state index in [1.54, 1.807) is 14.2 Å². The van der Waals surface area contributed by atoms with E-state index in [2.05, 4.69) is 41.5 Å². The lowest BCUT2D eigenvalue weighted by Gasteiger charge is -2.63. The lowest BCUT2D eigenvalue weighted by atomic mass is 9.45. The lowest BCUT2D eigenvalue weighted by Crippen LogP contribution is -2.62. The van der Waals surface area contributed by atoms with E-state index >= 15 is 4.79 Å². The van der Waals surface area contributed by atoms with E-state index in [-0.39, 0.29) is 50.8 Å². The predicted molar refractivity (Wildman–Crippen MR) is 214 cm³/mol. The minimum atomic E-state index is -0.610. The molecule has 2 spiro atoms. The Morgan fingerprint density at radius 1 is 0.667 bits per heavy atom. The number of hydrogen-bond acceptors (Lipinski definition) is 10. The van der Waals surface area contributed by atoms with Crippen LogP contribution in [0.15, 0.2) is 21.8 Å². The molecule has 0 N–H and O–H groups in total. The van der Waals surface area contributed by atoms with E-state index in [1.165, 1.54) is 7.11 Å². The molecule has 0 radical (unpaired) electrons. The van der Waals surface area contributed by atoms with Crippen molar-refractivity contribution in [1.29, 1.82) is 0 Å². The van der Waals surface area contributed by atoms with Crippen LogP contribution in [0.3, 0.4) is 0 Å². The summed E-state index contributed by atoms with van der Waals surface area (Å²) in [6, 6.07) is 1.83. The first-order valence-electron chi connectivity index (χ1n) is 21.8. The first-order chi connectivity index (χ1) is 27.2. The van der Waals surface area contributed by atoms with Gasteiger partial charge in [0.1, 0.15) is 5.58 Å². The number of hydrogen-bond donors (Lipinski definition) is 0. The molecular weight excluding hydrogens is 725 g/mol. The first kappa shape index (κ1) is 39.5. The van der Waals surface area contributed by atoms with Gasteiger partial charge in [0.2, 0.25) is 0 Å². The maximum absolute atomic E-state index is 15.3. The number of allylic oxidation sites excluding steroid dienone is 2. The Morgan fingerprint density at radius 2 is 1.19 bits per heavy atom. The zero-order chi connectivity index (χ0) is 40.3. The SMILES string of the molecule is COC1=C(C[C@]2(C)[C@@H](C)CC[C@]3(C)[C@H]2CCCC32OCCO2)C(=O)c2c(oc3c(C[C@]4(C)[C@@H](C)CC[C@]5(C)[C@H]4CCCC54OCCO4)c(OC)c(OC)cc23)C1=O. The zero-order valence-corrected chi connectivity index (χ0v) is 35.8. The standard InChI is InChI=1S/C47H64O10/c1-27-14-18-44(5)33(12-10-16-46(44)53-20-21-54-46)42(27,3)25-30-36(48)35-29-24-32(50-7)39(51-8)31(38(29)57-41(35)37(49)40(30)52-9)26-43(4)28(2)15-19-45(6)34(43)13-11-17-47(45)55-22-23-56-47/h24,27-28,33-34H,10-23,25-26H2,1-9H3/t27-,28-,33-,34-,42+,43+,44+,45+/m0/s1. The highest BCUT2D eigenvalue weighted by Gasteiger charge is 2.67. The largest absolute Gasteiger partial charge is 0.493 e. The predicted octanol–water partition coefficient (Wildman–Crippen LogP) is 9.63. The van der Waals surface area contributed by atoms with E-state index in [9.17, 15) is 4.79 Å². The van der Waals surface area contributed by atoms with Crippen LogP contribution in [0.2, 0.25) is 0 Å². The van der Waals surface area contributed by atoms with E-state index < -0.39 is 17.4 Å². The van der Waals surface area contributed by atoms with Crippen molar-refractivity contribution in [1.82, 2.24) is 0 Å². The van der Waals surface area contributed by atoms with Gasteiger partial charge in [-0.1, -0.05) is 41.5 Å². The second kappa shape index (κ2) is 13.5. The zero-order valence-electron chi connectivity index (χ0n) is 35.8. The van der Waals surface area contributed by atoms with Crippen LogP contribution >= 0.6 is 0 Å². The number of furan rings is 1. The summed E-state index contributed by atoms with van der Waals surface area (Å²) in [5.74, 6) is 0.557. The molecule has 2 aromatic rings. The smallest absolute Gasteiger partial charge is 0.263 e. The van der Waals surface area contributed by atoms with Gasteiger partial charge in [-0.05, 0) is 105 Å². The number of ether oxygens (including phenoxy) is 7. The van der Waals surface area contributed by atoms with Gasteiger partial charge in [-0.2, -0.15) is 0 Å². The number of fused-ring (bicyclic) bond motifs is 7. The van der Waals surface area contributed by atoms with E-state index in [4.69, 9.17) is 37.6 Å². The minimum absolute atomic E-state index is 0.0271. The van der Waals surface area contributed by atoms with Gasteiger partial charge < -0.3 is 37.6 Å². The Morgan fingerprint density at radius 3 is 1.68 bits per heavy atom. The van der Waals surface area contributed by atoms with Crippen LogP contribution in [0, 0.1) is 45.3 Å². The van der Waals surface area contributed by atoms with E-state index in [0.29, 0.717) is 84.7 Å². The Kier molecular flexibility index (Phi) is 9.40. The van der Waals surface area contributed by atoms with Crippen LogP contribution in [-0.2, 0) is 30.1 Å². The second-order valence-electron chi connectivity index (χ2n) is 19.8. The topological polar surface area (TPSA) is 112 Å². The molecule has 5 aliphatic carbocycles. The molecule has 4 saturated carbocycles. The third-order valence-electron chi connectivity index (χ3n) is 17.7. The van der Waals surface area contributed by atoms with E-state index in [0.717, 1.165) is 69.8 Å². The van der Waals surface area contributed by atoms with Crippen molar-refractivity contribution in [3.05, 3.63) is 34.3 Å². The summed E-state index contributed by atoms with van der Waals surface area (Å²) in [6.45, 7) is 16.6. The van der Waals surface area contributed by atoms with Crippen LogP contribution in [0.5, 0.6) is 11.5 Å². The van der Waals surface area contributed by atoms with Crippen LogP contribution in [0.25, 0.3) is 11.0 Å². The maximum Gasteiger partial charge on any atom is 0.263 e. The van der Waals surface area contributed by atoms with E-state index in [1.807, 2.05) is 6.07 Å². The molecule has 57 heavy (non-hydrogen) atoms.